The highest BCUT2D eigenvalue weighted by molar-refractivity contribution is 7.87. The number of pyridine rings is 1. The highest BCUT2D eigenvalue weighted by Crippen LogP contribution is 2.41. The van der Waals surface area contributed by atoms with E-state index >= 15 is 0 Å². The first-order chi connectivity index (χ1) is 20.3. The third kappa shape index (κ3) is 6.80. The van der Waals surface area contributed by atoms with Gasteiger partial charge >= 0.3 is 16.1 Å². The van der Waals surface area contributed by atoms with Gasteiger partial charge in [-0.3, -0.25) is 9.59 Å². The maximum Gasteiger partial charge on any atom is 0.306 e. The van der Waals surface area contributed by atoms with Gasteiger partial charge in [0.25, 0.3) is 5.65 Å². The van der Waals surface area contributed by atoms with Crippen LogP contribution in [0.4, 0.5) is 0 Å². The monoisotopic (exact) mass is 624 g/mol. The molecular formula is C30H36N4O7SSi. The minimum absolute atomic E-state index is 0.0587. The smallest absolute Gasteiger partial charge is 0.306 e. The summed E-state index contributed by atoms with van der Waals surface area (Å²) < 4.78 is 41.0. The third-order valence-corrected chi connectivity index (χ3v) is 10.1. The summed E-state index contributed by atoms with van der Waals surface area (Å²) in [5.41, 5.74) is 2.45. The predicted octanol–water partition coefficient (Wildman–Crippen LogP) is 4.28. The first-order valence-corrected chi connectivity index (χ1v) is 18.7. The first kappa shape index (κ1) is 31.9. The Bertz CT molecular complexity index is 1770. The van der Waals surface area contributed by atoms with E-state index in [0.717, 1.165) is 22.2 Å². The van der Waals surface area contributed by atoms with Crippen LogP contribution < -0.4 is 14.2 Å². The highest BCUT2D eigenvalue weighted by Gasteiger charge is 2.32. The molecule has 11 nitrogen and oxygen atoms in total. The molecule has 43 heavy (non-hydrogen) atoms. The number of methoxy groups -OCH3 is 1. The SMILES string of the molecule is COc1ccc(-c2c(-c3ccccc3)c3ccc(C(=O)NS(=O)(=O)N(C)C)[n+]([O-])c3n2COCC[Si](C)(C)C)c(C=O)c1. The van der Waals surface area contributed by atoms with Gasteiger partial charge in [0.05, 0.1) is 12.5 Å². The Labute approximate surface area is 252 Å². The van der Waals surface area contributed by atoms with Crippen molar-refractivity contribution in [3.63, 3.8) is 0 Å². The van der Waals surface area contributed by atoms with Gasteiger partial charge in [-0.2, -0.15) is 12.7 Å². The Kier molecular flexibility index (Phi) is 9.40. The minimum atomic E-state index is -4.16. The third-order valence-electron chi connectivity index (χ3n) is 6.95. The zero-order valence-electron chi connectivity index (χ0n) is 25.1. The summed E-state index contributed by atoms with van der Waals surface area (Å²) in [5.74, 6) is -0.597. The number of ether oxygens (including phenoxy) is 2. The quantitative estimate of drug-likeness (QED) is 0.0818. The van der Waals surface area contributed by atoms with Crippen LogP contribution in [0.2, 0.25) is 25.7 Å². The Balaban J connectivity index is 2.04. The van der Waals surface area contributed by atoms with E-state index in [1.54, 1.807) is 28.8 Å². The van der Waals surface area contributed by atoms with Crippen molar-refractivity contribution >= 4 is 41.5 Å². The lowest BCUT2D eigenvalue weighted by Crippen LogP contribution is -2.45. The molecule has 2 aromatic carbocycles. The number of benzene rings is 2. The van der Waals surface area contributed by atoms with Crippen LogP contribution in [0.15, 0.2) is 60.7 Å². The highest BCUT2D eigenvalue weighted by atomic mass is 32.2. The summed E-state index contributed by atoms with van der Waals surface area (Å²) in [7, 11) is -1.56. The van der Waals surface area contributed by atoms with Crippen molar-refractivity contribution in [2.75, 3.05) is 27.8 Å². The number of aldehydes is 1. The zero-order chi connectivity index (χ0) is 31.5. The molecule has 0 spiro atoms. The second-order valence-corrected chi connectivity index (χ2v) is 18.9. The van der Waals surface area contributed by atoms with Gasteiger partial charge in [0.15, 0.2) is 18.7 Å². The van der Waals surface area contributed by atoms with Gasteiger partial charge in [-0.05, 0) is 41.9 Å². The molecule has 2 heterocycles. The molecule has 0 bridgehead atoms. The lowest BCUT2D eigenvalue weighted by atomic mass is 9.96. The number of nitrogens with zero attached hydrogens (tertiary/aromatic N) is 3. The van der Waals surface area contributed by atoms with Gasteiger partial charge in [-0.1, -0.05) is 50.0 Å². The number of hydrogen-bond acceptors (Lipinski definition) is 7. The summed E-state index contributed by atoms with van der Waals surface area (Å²) in [5, 5.41) is 14.5. The van der Waals surface area contributed by atoms with Crippen molar-refractivity contribution in [3.8, 4) is 28.1 Å². The molecule has 0 saturated carbocycles. The molecule has 0 fully saturated rings. The summed E-state index contributed by atoms with van der Waals surface area (Å²) in [6.45, 7) is 7.07. The van der Waals surface area contributed by atoms with E-state index < -0.39 is 29.9 Å². The van der Waals surface area contributed by atoms with Crippen molar-refractivity contribution in [3.05, 3.63) is 77.1 Å². The molecule has 0 atom stereocenters. The lowest BCUT2D eigenvalue weighted by Gasteiger charge is -2.17. The van der Waals surface area contributed by atoms with Gasteiger partial charge < -0.3 is 14.7 Å². The molecule has 0 radical (unpaired) electrons. The minimum Gasteiger partial charge on any atom is -0.710 e. The first-order valence-electron chi connectivity index (χ1n) is 13.6. The van der Waals surface area contributed by atoms with Crippen LogP contribution in [-0.4, -0.2) is 65.4 Å². The Morgan fingerprint density at radius 2 is 1.79 bits per heavy atom. The van der Waals surface area contributed by atoms with Crippen molar-refractivity contribution in [1.82, 2.24) is 13.6 Å². The average Bonchev–Trinajstić information content (AvgIpc) is 3.29. The second kappa shape index (κ2) is 12.7. The van der Waals surface area contributed by atoms with Gasteiger partial charge in [0, 0.05) is 45.5 Å². The maximum absolute atomic E-state index is 14.0. The molecular weight excluding hydrogens is 589 g/mol. The Morgan fingerprint density at radius 1 is 1.09 bits per heavy atom. The number of amides is 1. The topological polar surface area (TPSA) is 134 Å². The molecule has 13 heteroatoms. The lowest BCUT2D eigenvalue weighted by molar-refractivity contribution is -0.582. The fourth-order valence-electron chi connectivity index (χ4n) is 4.59. The number of fused-ring (bicyclic) bond motifs is 1. The van der Waals surface area contributed by atoms with E-state index in [0.29, 0.717) is 44.9 Å². The Hall–Kier alpha value is -4.04. The van der Waals surface area contributed by atoms with Gasteiger partial charge in [-0.25, -0.2) is 14.0 Å². The molecule has 4 rings (SSSR count). The van der Waals surface area contributed by atoms with Crippen molar-refractivity contribution < 1.29 is 32.2 Å². The van der Waals surface area contributed by atoms with Crippen molar-refractivity contribution in [2.24, 2.45) is 0 Å². The van der Waals surface area contributed by atoms with E-state index in [2.05, 4.69) is 19.6 Å². The molecule has 0 aliphatic heterocycles. The van der Waals surface area contributed by atoms with Crippen LogP contribution in [-0.2, 0) is 21.7 Å². The number of nitrogens with one attached hydrogen (secondary N) is 1. The second-order valence-electron chi connectivity index (χ2n) is 11.4. The average molecular weight is 625 g/mol. The molecule has 0 aliphatic rings. The van der Waals surface area contributed by atoms with Crippen LogP contribution in [0.1, 0.15) is 20.8 Å². The van der Waals surface area contributed by atoms with Crippen LogP contribution in [0.3, 0.4) is 0 Å². The van der Waals surface area contributed by atoms with E-state index in [1.807, 2.05) is 35.1 Å². The molecule has 228 valence electrons. The number of rotatable bonds is 12. The van der Waals surface area contributed by atoms with E-state index in [4.69, 9.17) is 9.47 Å². The Morgan fingerprint density at radius 3 is 2.40 bits per heavy atom. The largest absolute Gasteiger partial charge is 0.710 e. The van der Waals surface area contributed by atoms with Gasteiger partial charge in [0.1, 0.15) is 11.4 Å². The van der Waals surface area contributed by atoms with Gasteiger partial charge in [0.2, 0.25) is 0 Å². The normalized spacial score (nSPS) is 12.1. The van der Waals surface area contributed by atoms with E-state index in [9.17, 15) is 23.2 Å². The molecule has 1 amide bonds. The van der Waals surface area contributed by atoms with Crippen LogP contribution in [0.5, 0.6) is 5.75 Å². The van der Waals surface area contributed by atoms with E-state index in [-0.39, 0.29) is 12.4 Å². The standard InChI is InChI=1S/C30H36N4O7SSi/c1-32(2)42(38,39)31-29(36)26-15-14-25-27(21-10-8-7-9-11-21)28(24-13-12-23(40-3)18-22(24)19-35)33(30(25)34(26)37)20-41-16-17-43(4,5)6/h7-15,18-19H,16-17,20H2,1-6H3,(H,31,36). The van der Waals surface area contributed by atoms with Crippen LogP contribution in [0, 0.1) is 5.21 Å². The summed E-state index contributed by atoms with van der Waals surface area (Å²) in [4.78, 5) is 25.4. The maximum atomic E-state index is 14.0. The molecule has 1 N–H and O–H groups in total. The number of aromatic nitrogens is 2. The number of carbonyl (C=O) groups excluding carboxylic acids is 2. The molecule has 4 aromatic rings. The molecule has 0 unspecified atom stereocenters. The summed E-state index contributed by atoms with van der Waals surface area (Å²) in [6.07, 6.45) is 0.719. The molecule has 0 saturated heterocycles. The number of hydrogen-bond donors (Lipinski definition) is 1. The molecule has 2 aromatic heterocycles. The van der Waals surface area contributed by atoms with E-state index in [1.165, 1.54) is 27.3 Å². The van der Waals surface area contributed by atoms with Crippen molar-refractivity contribution in [1.29, 1.82) is 0 Å². The zero-order valence-corrected chi connectivity index (χ0v) is 26.9. The number of carbonyl (C=O) groups is 2. The predicted molar refractivity (Wildman–Crippen MR) is 168 cm³/mol. The summed E-state index contributed by atoms with van der Waals surface area (Å²) in [6, 6.07) is 18.2. The summed E-state index contributed by atoms with van der Waals surface area (Å²) >= 11 is 0. The van der Waals surface area contributed by atoms with Crippen LogP contribution in [0.25, 0.3) is 33.4 Å². The fraction of sp³-hybridized carbons (Fsp3) is 0.300. The van der Waals surface area contributed by atoms with Gasteiger partial charge in [-0.15, -0.1) is 0 Å². The van der Waals surface area contributed by atoms with Crippen molar-refractivity contribution in [2.45, 2.75) is 32.4 Å². The van der Waals surface area contributed by atoms with Crippen LogP contribution >= 0.6 is 0 Å². The fourth-order valence-corrected chi connectivity index (χ4v) is 5.87. The molecule has 0 aliphatic carbocycles.